The second-order valence-electron chi connectivity index (χ2n) is 16.4. The molecule has 1 aliphatic rings. The summed E-state index contributed by atoms with van der Waals surface area (Å²) in [5.74, 6) is 1.32. The van der Waals surface area contributed by atoms with Crippen LogP contribution in [0.5, 0.6) is 0 Å². The van der Waals surface area contributed by atoms with Crippen molar-refractivity contribution in [3.8, 4) is 0 Å². The summed E-state index contributed by atoms with van der Waals surface area (Å²) in [6.07, 6.45) is 11.2. The number of hydrogen-bond donors (Lipinski definition) is 0. The van der Waals surface area contributed by atoms with E-state index in [2.05, 4.69) is 107 Å². The summed E-state index contributed by atoms with van der Waals surface area (Å²) >= 11 is 0. The number of ketones is 2. The first-order valence-corrected chi connectivity index (χ1v) is 17.9. The van der Waals surface area contributed by atoms with Crippen LogP contribution in [0.15, 0.2) is 36.4 Å². The van der Waals surface area contributed by atoms with Gasteiger partial charge in [0, 0.05) is 22.3 Å². The maximum Gasteiger partial charge on any atom is 0.194 e. The predicted octanol–water partition coefficient (Wildman–Crippen LogP) is 12.3. The highest BCUT2D eigenvalue weighted by atomic mass is 16.1. The summed E-state index contributed by atoms with van der Waals surface area (Å²) in [7, 11) is 0. The number of hydrogen-bond acceptors (Lipinski definition) is 2. The Bertz CT molecular complexity index is 1300. The van der Waals surface area contributed by atoms with Crippen LogP contribution in [0.2, 0.25) is 0 Å². The Morgan fingerprint density at radius 3 is 1.55 bits per heavy atom. The molecule has 0 heterocycles. The van der Waals surface area contributed by atoms with Crippen LogP contribution in [0.25, 0.3) is 0 Å². The van der Waals surface area contributed by atoms with E-state index in [-0.39, 0.29) is 22.4 Å². The normalized spacial score (nSPS) is 16.7. The molecule has 2 aromatic carbocycles. The van der Waals surface area contributed by atoms with E-state index in [9.17, 15) is 9.59 Å². The fraction of sp³-hybridized carbons (Fsp3) is 0.667. The maximum absolute atomic E-state index is 14.2. The van der Waals surface area contributed by atoms with Gasteiger partial charge in [0.2, 0.25) is 0 Å². The third-order valence-electron chi connectivity index (χ3n) is 12.8. The van der Waals surface area contributed by atoms with E-state index in [1.54, 1.807) is 0 Å². The molecule has 2 aromatic rings. The summed E-state index contributed by atoms with van der Waals surface area (Å²) < 4.78 is 0. The first-order chi connectivity index (χ1) is 20.5. The highest BCUT2D eigenvalue weighted by Gasteiger charge is 2.36. The Morgan fingerprint density at radius 2 is 1.05 bits per heavy atom. The van der Waals surface area contributed by atoms with Crippen LogP contribution in [0.3, 0.4) is 0 Å². The molecule has 0 bridgehead atoms. The van der Waals surface area contributed by atoms with Crippen LogP contribution in [0.4, 0.5) is 0 Å². The second-order valence-corrected chi connectivity index (χ2v) is 16.4. The van der Waals surface area contributed by atoms with E-state index in [0.29, 0.717) is 44.9 Å². The fourth-order valence-electron chi connectivity index (χ4n) is 7.25. The Labute approximate surface area is 271 Å². The first-order valence-electron chi connectivity index (χ1n) is 17.9. The van der Waals surface area contributed by atoms with Crippen LogP contribution in [0.1, 0.15) is 190 Å². The highest BCUT2D eigenvalue weighted by Crippen LogP contribution is 2.42. The topological polar surface area (TPSA) is 34.1 Å². The van der Waals surface area contributed by atoms with Gasteiger partial charge >= 0.3 is 0 Å². The number of carbonyl (C=O) groups is 2. The molecular formula is C42H64O2. The van der Waals surface area contributed by atoms with Gasteiger partial charge in [0.1, 0.15) is 0 Å². The van der Waals surface area contributed by atoms with Crippen LogP contribution in [-0.4, -0.2) is 11.6 Å². The summed E-state index contributed by atoms with van der Waals surface area (Å²) in [6, 6.07) is 12.3. The zero-order valence-electron chi connectivity index (χ0n) is 30.5. The molecule has 1 aliphatic carbocycles. The van der Waals surface area contributed by atoms with Crippen LogP contribution in [-0.2, 0) is 10.8 Å². The number of carbonyl (C=O) groups excluding carboxylic acids is 2. The minimum absolute atomic E-state index is 0.0116. The van der Waals surface area contributed by atoms with Crippen LogP contribution < -0.4 is 0 Å². The maximum atomic E-state index is 14.2. The van der Waals surface area contributed by atoms with Crippen molar-refractivity contribution in [2.24, 2.45) is 22.7 Å². The summed E-state index contributed by atoms with van der Waals surface area (Å²) in [5.41, 5.74) is 5.36. The van der Waals surface area contributed by atoms with E-state index in [4.69, 9.17) is 0 Å². The van der Waals surface area contributed by atoms with E-state index in [1.807, 2.05) is 12.1 Å². The molecule has 2 nitrogen and oxygen atoms in total. The molecule has 0 N–H and O–H groups in total. The van der Waals surface area contributed by atoms with E-state index >= 15 is 0 Å². The van der Waals surface area contributed by atoms with Gasteiger partial charge in [-0.3, -0.25) is 9.59 Å². The minimum atomic E-state index is -0.0275. The van der Waals surface area contributed by atoms with Gasteiger partial charge in [-0.05, 0) is 101 Å². The van der Waals surface area contributed by atoms with Crippen molar-refractivity contribution in [2.75, 3.05) is 0 Å². The first kappa shape index (κ1) is 36.3. The smallest absolute Gasteiger partial charge is 0.194 e. The van der Waals surface area contributed by atoms with Gasteiger partial charge in [-0.15, -0.1) is 0 Å². The molecule has 0 spiro atoms. The van der Waals surface area contributed by atoms with Crippen molar-refractivity contribution >= 4 is 11.6 Å². The zero-order chi connectivity index (χ0) is 33.1. The molecule has 0 fully saturated rings. The zero-order valence-corrected chi connectivity index (χ0v) is 30.5. The highest BCUT2D eigenvalue weighted by molar-refractivity contribution is 6.28. The standard InChI is InChI=1S/C42H64O2/c1-13-40(10,11)30(6)20-17-25-41(12,14-2)31-21-23-33-35(27-31)38(44)36-28-32(22-24-34(36)37(33)43)42(15-3,16-4)26-18-19-29(5)39(7,8)9/h21-24,27-30H,13-20,25-26H2,1-12H3. The Morgan fingerprint density at radius 1 is 0.568 bits per heavy atom. The van der Waals surface area contributed by atoms with Crippen molar-refractivity contribution in [3.63, 3.8) is 0 Å². The van der Waals surface area contributed by atoms with Crippen molar-refractivity contribution in [1.82, 2.24) is 0 Å². The second kappa shape index (κ2) is 14.0. The lowest BCUT2D eigenvalue weighted by Crippen LogP contribution is -2.28. The lowest BCUT2D eigenvalue weighted by molar-refractivity contribution is 0.0978. The molecule has 0 saturated heterocycles. The summed E-state index contributed by atoms with van der Waals surface area (Å²) in [4.78, 5) is 27.9. The molecule has 0 amide bonds. The van der Waals surface area contributed by atoms with Crippen molar-refractivity contribution in [3.05, 3.63) is 69.8 Å². The molecule has 44 heavy (non-hydrogen) atoms. The molecule has 3 atom stereocenters. The molecule has 0 aliphatic heterocycles. The number of benzene rings is 2. The van der Waals surface area contributed by atoms with Gasteiger partial charge in [0.25, 0.3) is 0 Å². The molecule has 3 rings (SSSR count). The molecule has 0 radical (unpaired) electrons. The number of rotatable bonds is 15. The number of fused-ring (bicyclic) bond motifs is 2. The summed E-state index contributed by atoms with van der Waals surface area (Å²) in [5, 5.41) is 0. The molecule has 2 heteroatoms. The van der Waals surface area contributed by atoms with Gasteiger partial charge in [-0.2, -0.15) is 0 Å². The molecule has 3 unspecified atom stereocenters. The Balaban J connectivity index is 1.90. The van der Waals surface area contributed by atoms with Gasteiger partial charge in [0.15, 0.2) is 11.6 Å². The lowest BCUT2D eigenvalue weighted by Gasteiger charge is -2.35. The minimum Gasteiger partial charge on any atom is -0.289 e. The fourth-order valence-corrected chi connectivity index (χ4v) is 7.25. The predicted molar refractivity (Wildman–Crippen MR) is 189 cm³/mol. The Hall–Kier alpha value is -2.22. The monoisotopic (exact) mass is 600 g/mol. The van der Waals surface area contributed by atoms with Gasteiger partial charge in [-0.25, -0.2) is 0 Å². The van der Waals surface area contributed by atoms with Gasteiger partial charge in [-0.1, -0.05) is 127 Å². The third-order valence-corrected chi connectivity index (χ3v) is 12.8. The van der Waals surface area contributed by atoms with Gasteiger partial charge < -0.3 is 0 Å². The quantitative estimate of drug-likeness (QED) is 0.174. The molecule has 244 valence electrons. The van der Waals surface area contributed by atoms with E-state index < -0.39 is 0 Å². The van der Waals surface area contributed by atoms with E-state index in [1.165, 1.54) is 36.8 Å². The summed E-state index contributed by atoms with van der Waals surface area (Å²) in [6.45, 7) is 27.9. The molecule has 0 aromatic heterocycles. The molecule has 0 saturated carbocycles. The third kappa shape index (κ3) is 7.42. The van der Waals surface area contributed by atoms with Gasteiger partial charge in [0.05, 0.1) is 0 Å². The average molecular weight is 601 g/mol. The van der Waals surface area contributed by atoms with Crippen molar-refractivity contribution in [2.45, 2.75) is 158 Å². The van der Waals surface area contributed by atoms with Crippen LogP contribution in [0, 0.1) is 22.7 Å². The van der Waals surface area contributed by atoms with E-state index in [0.717, 1.165) is 38.5 Å². The van der Waals surface area contributed by atoms with Crippen molar-refractivity contribution in [1.29, 1.82) is 0 Å². The molecular weight excluding hydrogens is 536 g/mol. The SMILES string of the molecule is CCC(C)(CCCC(C)C(C)(C)CC)c1ccc2c(c1)C(=O)c1cc(C(CC)(CC)CCCC(C)C(C)(C)C)ccc1C2=O. The van der Waals surface area contributed by atoms with Crippen LogP contribution >= 0.6 is 0 Å². The average Bonchev–Trinajstić information content (AvgIpc) is 3.00. The largest absolute Gasteiger partial charge is 0.289 e. The van der Waals surface area contributed by atoms with Crippen molar-refractivity contribution < 1.29 is 9.59 Å². The lowest BCUT2D eigenvalue weighted by atomic mass is 9.69. The Kier molecular flexibility index (Phi) is 11.6.